The van der Waals surface area contributed by atoms with Crippen molar-refractivity contribution in [3.8, 4) is 5.75 Å². The minimum atomic E-state index is -4.38. The molecule has 2 saturated heterocycles. The first-order valence-electron chi connectivity index (χ1n) is 10.7. The maximum Gasteiger partial charge on any atom is 0.416 e. The van der Waals surface area contributed by atoms with Gasteiger partial charge in [-0.15, -0.1) is 0 Å². The van der Waals surface area contributed by atoms with Gasteiger partial charge in [0.25, 0.3) is 0 Å². The van der Waals surface area contributed by atoms with Crippen LogP contribution in [0.4, 0.5) is 18.9 Å². The van der Waals surface area contributed by atoms with Crippen molar-refractivity contribution >= 4 is 11.5 Å². The van der Waals surface area contributed by atoms with Crippen LogP contribution in [-0.4, -0.2) is 75.1 Å². The molecule has 2 fully saturated rings. The molecule has 2 heterocycles. The van der Waals surface area contributed by atoms with Crippen LogP contribution >= 0.6 is 0 Å². The fourth-order valence-corrected chi connectivity index (χ4v) is 4.39. The SMILES string of the molecule is COc1cc(N2CCN(CCC3CCN(CC(C)=O)CC3)CC2)cc(C(F)(F)F)c1. The second-order valence-electron chi connectivity index (χ2n) is 8.46. The molecule has 8 heteroatoms. The Morgan fingerprint density at radius 3 is 2.27 bits per heavy atom. The maximum atomic E-state index is 13.2. The van der Waals surface area contributed by atoms with Crippen molar-refractivity contribution in [3.63, 3.8) is 0 Å². The molecule has 1 aromatic carbocycles. The molecule has 0 atom stereocenters. The van der Waals surface area contributed by atoms with Gasteiger partial charge in [-0.2, -0.15) is 13.2 Å². The number of carbonyl (C=O) groups is 1. The highest BCUT2D eigenvalue weighted by molar-refractivity contribution is 5.77. The molecule has 0 aromatic heterocycles. The molecule has 168 valence electrons. The lowest BCUT2D eigenvalue weighted by molar-refractivity contribution is -0.137. The van der Waals surface area contributed by atoms with Gasteiger partial charge in [-0.1, -0.05) is 0 Å². The molecule has 0 saturated carbocycles. The highest BCUT2D eigenvalue weighted by atomic mass is 19.4. The second-order valence-corrected chi connectivity index (χ2v) is 8.46. The van der Waals surface area contributed by atoms with E-state index in [4.69, 9.17) is 4.74 Å². The normalized spacial score (nSPS) is 19.8. The fourth-order valence-electron chi connectivity index (χ4n) is 4.39. The predicted molar refractivity (Wildman–Crippen MR) is 111 cm³/mol. The third-order valence-electron chi connectivity index (χ3n) is 6.20. The lowest BCUT2D eigenvalue weighted by atomic mass is 9.93. The van der Waals surface area contributed by atoms with Crippen molar-refractivity contribution in [2.75, 3.05) is 64.4 Å². The van der Waals surface area contributed by atoms with Crippen molar-refractivity contribution in [2.45, 2.75) is 32.4 Å². The Hall–Kier alpha value is -1.80. The largest absolute Gasteiger partial charge is 0.497 e. The average Bonchev–Trinajstić information content (AvgIpc) is 2.72. The topological polar surface area (TPSA) is 36.0 Å². The van der Waals surface area contributed by atoms with Crippen molar-refractivity contribution < 1.29 is 22.7 Å². The molecule has 0 N–H and O–H groups in total. The summed E-state index contributed by atoms with van der Waals surface area (Å²) in [7, 11) is 1.39. The van der Waals surface area contributed by atoms with Crippen LogP contribution in [-0.2, 0) is 11.0 Å². The molecule has 3 rings (SSSR count). The zero-order valence-corrected chi connectivity index (χ0v) is 17.9. The summed E-state index contributed by atoms with van der Waals surface area (Å²) in [5.74, 6) is 1.15. The maximum absolute atomic E-state index is 13.2. The van der Waals surface area contributed by atoms with Gasteiger partial charge in [-0.25, -0.2) is 0 Å². The molecule has 2 aliphatic heterocycles. The van der Waals surface area contributed by atoms with Crippen LogP contribution < -0.4 is 9.64 Å². The van der Waals surface area contributed by atoms with E-state index in [-0.39, 0.29) is 11.5 Å². The molecule has 2 aliphatic rings. The number of ether oxygens (including phenoxy) is 1. The quantitative estimate of drug-likeness (QED) is 0.666. The summed E-state index contributed by atoms with van der Waals surface area (Å²) in [6.07, 6.45) is -0.967. The van der Waals surface area contributed by atoms with E-state index < -0.39 is 11.7 Å². The number of ketones is 1. The number of alkyl halides is 3. The number of carbonyl (C=O) groups excluding carboxylic acids is 1. The number of anilines is 1. The number of piperidine rings is 1. The number of methoxy groups -OCH3 is 1. The molecule has 0 radical (unpaired) electrons. The highest BCUT2D eigenvalue weighted by Gasteiger charge is 2.32. The summed E-state index contributed by atoms with van der Waals surface area (Å²) in [5, 5.41) is 0. The Morgan fingerprint density at radius 1 is 1.03 bits per heavy atom. The molecule has 5 nitrogen and oxygen atoms in total. The van der Waals surface area contributed by atoms with Crippen LogP contribution in [0.1, 0.15) is 31.7 Å². The summed E-state index contributed by atoms with van der Waals surface area (Å²) >= 11 is 0. The first kappa shape index (κ1) is 22.9. The molecule has 0 bridgehead atoms. The van der Waals surface area contributed by atoms with E-state index in [2.05, 4.69) is 9.80 Å². The zero-order chi connectivity index (χ0) is 21.7. The number of hydrogen-bond acceptors (Lipinski definition) is 5. The number of piperazine rings is 1. The third-order valence-corrected chi connectivity index (χ3v) is 6.20. The van der Waals surface area contributed by atoms with Crippen molar-refractivity contribution in [1.82, 2.24) is 9.80 Å². The molecular formula is C22H32F3N3O2. The summed E-state index contributed by atoms with van der Waals surface area (Å²) in [6.45, 7) is 8.34. The number of rotatable bonds is 7. The number of nitrogens with zero attached hydrogens (tertiary/aromatic N) is 3. The third kappa shape index (κ3) is 6.35. The number of likely N-dealkylation sites (tertiary alicyclic amines) is 1. The molecule has 0 amide bonds. The van der Waals surface area contributed by atoms with Crippen LogP contribution in [0.3, 0.4) is 0 Å². The summed E-state index contributed by atoms with van der Waals surface area (Å²) in [6, 6.07) is 3.94. The number of benzene rings is 1. The lowest BCUT2D eigenvalue weighted by Crippen LogP contribution is -2.47. The predicted octanol–water partition coefficient (Wildman–Crippen LogP) is 3.53. The first-order valence-corrected chi connectivity index (χ1v) is 10.7. The van der Waals surface area contributed by atoms with Gasteiger partial charge in [0.1, 0.15) is 11.5 Å². The van der Waals surface area contributed by atoms with Gasteiger partial charge >= 0.3 is 6.18 Å². The molecule has 0 unspecified atom stereocenters. The Labute approximate surface area is 176 Å². The van der Waals surface area contributed by atoms with Gasteiger partial charge in [-0.3, -0.25) is 14.6 Å². The number of halogens is 3. The van der Waals surface area contributed by atoms with Crippen molar-refractivity contribution in [2.24, 2.45) is 5.92 Å². The van der Waals surface area contributed by atoms with Crippen LogP contribution in [0.15, 0.2) is 18.2 Å². The van der Waals surface area contributed by atoms with Gasteiger partial charge < -0.3 is 9.64 Å². The second kappa shape index (κ2) is 10.0. The number of hydrogen-bond donors (Lipinski definition) is 0. The Balaban J connectivity index is 1.46. The molecule has 30 heavy (non-hydrogen) atoms. The summed E-state index contributed by atoms with van der Waals surface area (Å²) in [4.78, 5) is 17.9. The van der Waals surface area contributed by atoms with Gasteiger partial charge in [0.15, 0.2) is 0 Å². The number of Topliss-reactive ketones (excluding diaryl/α,β-unsaturated/α-hetero) is 1. The molecule has 0 aliphatic carbocycles. The van der Waals surface area contributed by atoms with Gasteiger partial charge in [-0.05, 0) is 63.9 Å². The molecule has 1 aromatic rings. The zero-order valence-electron chi connectivity index (χ0n) is 17.9. The molecular weight excluding hydrogens is 395 g/mol. The molecule has 0 spiro atoms. The van der Waals surface area contributed by atoms with Crippen LogP contribution in [0.2, 0.25) is 0 Å². The minimum absolute atomic E-state index is 0.227. The van der Waals surface area contributed by atoms with E-state index in [9.17, 15) is 18.0 Å². The van der Waals surface area contributed by atoms with E-state index in [0.717, 1.165) is 58.1 Å². The lowest BCUT2D eigenvalue weighted by Gasteiger charge is -2.38. The van der Waals surface area contributed by atoms with Gasteiger partial charge in [0.2, 0.25) is 0 Å². The Bertz CT molecular complexity index is 710. The summed E-state index contributed by atoms with van der Waals surface area (Å²) in [5.41, 5.74) is -0.102. The van der Waals surface area contributed by atoms with E-state index in [0.29, 0.717) is 31.2 Å². The standard InChI is InChI=1S/C22H32F3N3O2/c1-17(29)16-27-7-4-18(5-8-27)3-6-26-9-11-28(12-10-26)20-13-19(22(23,24)25)14-21(15-20)30-2/h13-15,18H,3-12,16H2,1-2H3. The van der Waals surface area contributed by atoms with Crippen LogP contribution in [0, 0.1) is 5.92 Å². The minimum Gasteiger partial charge on any atom is -0.497 e. The van der Waals surface area contributed by atoms with Crippen LogP contribution in [0.25, 0.3) is 0 Å². The van der Waals surface area contributed by atoms with E-state index in [1.807, 2.05) is 4.90 Å². The van der Waals surface area contributed by atoms with Gasteiger partial charge in [0, 0.05) is 37.9 Å². The Kier molecular flexibility index (Phi) is 7.63. The van der Waals surface area contributed by atoms with Gasteiger partial charge in [0.05, 0.1) is 19.2 Å². The van der Waals surface area contributed by atoms with E-state index in [1.54, 1.807) is 13.0 Å². The first-order chi connectivity index (χ1) is 14.2. The van der Waals surface area contributed by atoms with Crippen molar-refractivity contribution in [1.29, 1.82) is 0 Å². The van der Waals surface area contributed by atoms with E-state index >= 15 is 0 Å². The fraction of sp³-hybridized carbons (Fsp3) is 0.682. The Morgan fingerprint density at radius 2 is 1.70 bits per heavy atom. The van der Waals surface area contributed by atoms with Crippen LogP contribution in [0.5, 0.6) is 5.75 Å². The highest BCUT2D eigenvalue weighted by Crippen LogP contribution is 2.35. The summed E-state index contributed by atoms with van der Waals surface area (Å²) < 4.78 is 44.6. The van der Waals surface area contributed by atoms with E-state index in [1.165, 1.54) is 13.2 Å². The average molecular weight is 428 g/mol. The smallest absolute Gasteiger partial charge is 0.416 e. The monoisotopic (exact) mass is 427 g/mol. The van der Waals surface area contributed by atoms with Crippen molar-refractivity contribution in [3.05, 3.63) is 23.8 Å².